The fourth-order valence-electron chi connectivity index (χ4n) is 1.61. The molecule has 0 aliphatic heterocycles. The van der Waals surface area contributed by atoms with E-state index >= 15 is 0 Å². The number of carbonyl (C=O) groups is 1. The lowest BCUT2D eigenvalue weighted by Crippen LogP contribution is -2.15. The van der Waals surface area contributed by atoms with Crippen LogP contribution in [0, 0.1) is 12.7 Å². The number of nitrogens with one attached hydrogen (secondary N) is 1. The third-order valence-corrected chi connectivity index (χ3v) is 3.99. The first-order chi connectivity index (χ1) is 9.56. The van der Waals surface area contributed by atoms with Gasteiger partial charge in [-0.3, -0.25) is 4.79 Å². The summed E-state index contributed by atoms with van der Waals surface area (Å²) in [4.78, 5) is 12.8. The maximum atomic E-state index is 13.3. The number of benzene rings is 2. The average molecular weight is 310 g/mol. The summed E-state index contributed by atoms with van der Waals surface area (Å²) in [6.45, 7) is 1.64. The predicted molar refractivity (Wildman–Crippen MR) is 81.9 cm³/mol. The lowest BCUT2D eigenvalue weighted by Gasteiger charge is -2.08. The summed E-state index contributed by atoms with van der Waals surface area (Å²) in [5.41, 5.74) is 0.948. The van der Waals surface area contributed by atoms with Crippen LogP contribution >= 0.6 is 23.4 Å². The van der Waals surface area contributed by atoms with Crippen LogP contribution in [0.3, 0.4) is 0 Å². The molecule has 0 unspecified atom stereocenters. The maximum Gasteiger partial charge on any atom is 0.234 e. The second-order valence-corrected chi connectivity index (χ2v) is 5.69. The Morgan fingerprint density at radius 2 is 1.95 bits per heavy atom. The van der Waals surface area contributed by atoms with Gasteiger partial charge in [-0.25, -0.2) is 4.39 Å². The topological polar surface area (TPSA) is 29.1 Å². The molecule has 2 aromatic rings. The van der Waals surface area contributed by atoms with Crippen molar-refractivity contribution in [3.63, 3.8) is 0 Å². The molecule has 0 spiro atoms. The highest BCUT2D eigenvalue weighted by molar-refractivity contribution is 8.00. The van der Waals surface area contributed by atoms with E-state index in [-0.39, 0.29) is 17.5 Å². The minimum absolute atomic E-state index is 0.168. The molecule has 0 heterocycles. The lowest BCUT2D eigenvalue weighted by atomic mass is 10.2. The average Bonchev–Trinajstić information content (AvgIpc) is 2.43. The summed E-state index contributed by atoms with van der Waals surface area (Å²) >= 11 is 7.19. The number of hydrogen-bond donors (Lipinski definition) is 1. The molecule has 0 aliphatic carbocycles. The van der Waals surface area contributed by atoms with Gasteiger partial charge in [0.25, 0.3) is 0 Å². The molecule has 1 N–H and O–H groups in total. The van der Waals surface area contributed by atoms with Gasteiger partial charge in [-0.15, -0.1) is 11.8 Å². The van der Waals surface area contributed by atoms with Gasteiger partial charge in [0.05, 0.1) is 5.75 Å². The van der Waals surface area contributed by atoms with Gasteiger partial charge in [-0.2, -0.15) is 0 Å². The van der Waals surface area contributed by atoms with Crippen molar-refractivity contribution in [2.24, 2.45) is 0 Å². The van der Waals surface area contributed by atoms with Gasteiger partial charge in [0, 0.05) is 21.2 Å². The van der Waals surface area contributed by atoms with Crippen molar-refractivity contribution in [1.29, 1.82) is 0 Å². The number of rotatable bonds is 4. The first-order valence-electron chi connectivity index (χ1n) is 5.99. The summed E-state index contributed by atoms with van der Waals surface area (Å²) in [5, 5.41) is 3.37. The van der Waals surface area contributed by atoms with Crippen molar-refractivity contribution < 1.29 is 9.18 Å². The van der Waals surface area contributed by atoms with Gasteiger partial charge >= 0.3 is 0 Å². The Bertz CT molecular complexity index is 616. The van der Waals surface area contributed by atoms with Crippen molar-refractivity contribution in [2.45, 2.75) is 11.8 Å². The van der Waals surface area contributed by atoms with E-state index in [1.54, 1.807) is 31.2 Å². The number of halogens is 2. The van der Waals surface area contributed by atoms with E-state index < -0.39 is 0 Å². The highest BCUT2D eigenvalue weighted by atomic mass is 35.5. The quantitative estimate of drug-likeness (QED) is 0.841. The number of carbonyl (C=O) groups excluding carboxylic acids is 1. The Kier molecular flexibility index (Phi) is 5.04. The minimum atomic E-state index is -0.326. The van der Waals surface area contributed by atoms with Gasteiger partial charge in [0.2, 0.25) is 5.91 Å². The van der Waals surface area contributed by atoms with Gasteiger partial charge in [0.1, 0.15) is 5.82 Å². The van der Waals surface area contributed by atoms with E-state index in [2.05, 4.69) is 5.32 Å². The number of thioether (sulfide) groups is 1. The first-order valence-corrected chi connectivity index (χ1v) is 7.36. The smallest absolute Gasteiger partial charge is 0.234 e. The molecule has 2 nitrogen and oxygen atoms in total. The Hall–Kier alpha value is -1.52. The zero-order valence-electron chi connectivity index (χ0n) is 10.8. The highest BCUT2D eigenvalue weighted by Gasteiger charge is 2.08. The number of amides is 1. The van der Waals surface area contributed by atoms with E-state index in [0.717, 1.165) is 4.90 Å². The van der Waals surface area contributed by atoms with E-state index in [4.69, 9.17) is 11.6 Å². The zero-order valence-corrected chi connectivity index (χ0v) is 12.4. The Morgan fingerprint density at radius 1 is 1.25 bits per heavy atom. The molecule has 2 rings (SSSR count). The summed E-state index contributed by atoms with van der Waals surface area (Å²) in [6.07, 6.45) is 0. The van der Waals surface area contributed by atoms with Crippen molar-refractivity contribution in [1.82, 2.24) is 0 Å². The highest BCUT2D eigenvalue weighted by Crippen LogP contribution is 2.21. The summed E-state index contributed by atoms with van der Waals surface area (Å²) < 4.78 is 13.3. The van der Waals surface area contributed by atoms with Crippen LogP contribution in [0.15, 0.2) is 47.4 Å². The normalized spacial score (nSPS) is 10.3. The predicted octanol–water partition coefficient (Wildman–Crippen LogP) is 4.52. The molecule has 0 saturated carbocycles. The van der Waals surface area contributed by atoms with Crippen LogP contribution in [0.1, 0.15) is 5.56 Å². The molecular weight excluding hydrogens is 297 g/mol. The molecule has 20 heavy (non-hydrogen) atoms. The fraction of sp³-hybridized carbons (Fsp3) is 0.133. The molecule has 0 fully saturated rings. The monoisotopic (exact) mass is 309 g/mol. The van der Waals surface area contributed by atoms with Crippen LogP contribution in [-0.4, -0.2) is 11.7 Å². The van der Waals surface area contributed by atoms with Crippen LogP contribution in [0.4, 0.5) is 10.1 Å². The molecule has 0 radical (unpaired) electrons. The molecule has 0 aromatic heterocycles. The summed E-state index contributed by atoms with van der Waals surface area (Å²) in [6, 6.07) is 11.9. The Balaban J connectivity index is 1.92. The second-order valence-electron chi connectivity index (χ2n) is 4.20. The van der Waals surface area contributed by atoms with E-state index in [1.807, 2.05) is 12.1 Å². The first kappa shape index (κ1) is 14.9. The number of hydrogen-bond acceptors (Lipinski definition) is 2. The molecule has 1 amide bonds. The van der Waals surface area contributed by atoms with Crippen molar-refractivity contribution in [2.75, 3.05) is 11.1 Å². The number of anilines is 1. The van der Waals surface area contributed by atoms with Gasteiger partial charge < -0.3 is 5.32 Å². The van der Waals surface area contributed by atoms with Crippen molar-refractivity contribution in [3.05, 3.63) is 58.9 Å². The largest absolute Gasteiger partial charge is 0.325 e. The summed E-state index contributed by atoms with van der Waals surface area (Å²) in [5.74, 6) is -0.232. The molecule has 0 bridgehead atoms. The minimum Gasteiger partial charge on any atom is -0.325 e. The third-order valence-electron chi connectivity index (χ3n) is 2.73. The van der Waals surface area contributed by atoms with Gasteiger partial charge in [0.15, 0.2) is 0 Å². The van der Waals surface area contributed by atoms with E-state index in [9.17, 15) is 9.18 Å². The van der Waals surface area contributed by atoms with Crippen LogP contribution in [0.25, 0.3) is 0 Å². The molecular formula is C15H13ClFNOS. The molecule has 0 aliphatic rings. The Labute approximate surface area is 126 Å². The van der Waals surface area contributed by atoms with Crippen LogP contribution < -0.4 is 5.32 Å². The van der Waals surface area contributed by atoms with Gasteiger partial charge in [-0.1, -0.05) is 17.7 Å². The fourth-order valence-corrected chi connectivity index (χ4v) is 2.43. The third kappa shape index (κ3) is 3.99. The molecule has 0 atom stereocenters. The zero-order chi connectivity index (χ0) is 14.5. The Morgan fingerprint density at radius 3 is 2.65 bits per heavy atom. The maximum absolute atomic E-state index is 13.3. The van der Waals surface area contributed by atoms with Gasteiger partial charge in [-0.05, 0) is 43.3 Å². The van der Waals surface area contributed by atoms with Crippen LogP contribution in [0.2, 0.25) is 5.02 Å². The van der Waals surface area contributed by atoms with E-state index in [0.29, 0.717) is 16.3 Å². The summed E-state index contributed by atoms with van der Waals surface area (Å²) in [7, 11) is 0. The second kappa shape index (κ2) is 6.77. The van der Waals surface area contributed by atoms with E-state index in [1.165, 1.54) is 17.8 Å². The van der Waals surface area contributed by atoms with Crippen molar-refractivity contribution in [3.8, 4) is 0 Å². The molecule has 0 saturated heterocycles. The van der Waals surface area contributed by atoms with Crippen LogP contribution in [0.5, 0.6) is 0 Å². The van der Waals surface area contributed by atoms with Crippen LogP contribution in [-0.2, 0) is 4.79 Å². The molecule has 2 aromatic carbocycles. The molecule has 104 valence electrons. The standard InChI is InChI=1S/C15H13ClFNOS/c1-10-13(17)3-2-4-14(10)18-15(19)9-20-12-7-5-11(16)6-8-12/h2-8H,9H2,1H3,(H,18,19). The lowest BCUT2D eigenvalue weighted by molar-refractivity contribution is -0.113. The molecule has 5 heteroatoms. The van der Waals surface area contributed by atoms with Crippen molar-refractivity contribution >= 4 is 35.0 Å². The SMILES string of the molecule is Cc1c(F)cccc1NC(=O)CSc1ccc(Cl)cc1.